The van der Waals surface area contributed by atoms with Gasteiger partial charge in [-0.15, -0.1) is 0 Å². The summed E-state index contributed by atoms with van der Waals surface area (Å²) < 4.78 is 5.47. The fourth-order valence-corrected chi connectivity index (χ4v) is 3.95. The van der Waals surface area contributed by atoms with Gasteiger partial charge in [-0.1, -0.05) is 17.7 Å². The summed E-state index contributed by atoms with van der Waals surface area (Å²) in [6.45, 7) is 7.44. The third-order valence-electron chi connectivity index (χ3n) is 5.20. The first-order chi connectivity index (χ1) is 11.6. The SMILES string of the molecule is COc1cc(C)c(C2NCCc3c2[nH]c2ccc(C)cc32)cc1C. The molecule has 0 saturated heterocycles. The zero-order chi connectivity index (χ0) is 16.8. The second-order valence-electron chi connectivity index (χ2n) is 6.88. The Hall–Kier alpha value is -2.26. The minimum absolute atomic E-state index is 0.214. The first-order valence-electron chi connectivity index (χ1n) is 8.58. The number of hydrogen-bond acceptors (Lipinski definition) is 2. The lowest BCUT2D eigenvalue weighted by atomic mass is 9.90. The maximum absolute atomic E-state index is 5.47. The van der Waals surface area contributed by atoms with Crippen LogP contribution in [0.2, 0.25) is 0 Å². The Morgan fingerprint density at radius 2 is 1.88 bits per heavy atom. The Kier molecular flexibility index (Phi) is 3.61. The number of rotatable bonds is 2. The fraction of sp³-hybridized carbons (Fsp3) is 0.333. The number of aryl methyl sites for hydroxylation is 3. The summed E-state index contributed by atoms with van der Waals surface area (Å²) in [5.74, 6) is 0.958. The van der Waals surface area contributed by atoms with Gasteiger partial charge in [0.1, 0.15) is 5.75 Å². The number of hydrogen-bond donors (Lipinski definition) is 2. The first-order valence-corrected chi connectivity index (χ1v) is 8.58. The lowest BCUT2D eigenvalue weighted by Crippen LogP contribution is -2.31. The molecule has 3 heteroatoms. The molecule has 1 aromatic heterocycles. The topological polar surface area (TPSA) is 37.0 Å². The highest BCUT2D eigenvalue weighted by Gasteiger charge is 2.26. The van der Waals surface area contributed by atoms with Crippen molar-refractivity contribution in [2.24, 2.45) is 0 Å². The Balaban J connectivity index is 1.88. The van der Waals surface area contributed by atoms with E-state index in [0.29, 0.717) is 0 Å². The molecule has 2 heterocycles. The molecule has 1 atom stereocenters. The van der Waals surface area contributed by atoms with E-state index >= 15 is 0 Å². The van der Waals surface area contributed by atoms with E-state index in [2.05, 4.69) is 61.4 Å². The molecular weight excluding hydrogens is 296 g/mol. The van der Waals surface area contributed by atoms with E-state index in [1.165, 1.54) is 44.4 Å². The zero-order valence-corrected chi connectivity index (χ0v) is 14.8. The van der Waals surface area contributed by atoms with Crippen molar-refractivity contribution in [1.82, 2.24) is 10.3 Å². The van der Waals surface area contributed by atoms with Crippen molar-refractivity contribution in [1.29, 1.82) is 0 Å². The monoisotopic (exact) mass is 320 g/mol. The minimum atomic E-state index is 0.214. The van der Waals surface area contributed by atoms with Crippen LogP contribution in [0, 0.1) is 20.8 Å². The van der Waals surface area contributed by atoms with Gasteiger partial charge in [0.15, 0.2) is 0 Å². The van der Waals surface area contributed by atoms with Gasteiger partial charge in [0.25, 0.3) is 0 Å². The number of ether oxygens (including phenoxy) is 1. The van der Waals surface area contributed by atoms with Gasteiger partial charge in [0.2, 0.25) is 0 Å². The molecule has 3 aromatic rings. The molecule has 1 aliphatic heterocycles. The molecule has 3 nitrogen and oxygen atoms in total. The molecular formula is C21H24N2O. The predicted octanol–water partition coefficient (Wildman–Crippen LogP) is 4.34. The van der Waals surface area contributed by atoms with Crippen LogP contribution >= 0.6 is 0 Å². The van der Waals surface area contributed by atoms with E-state index < -0.39 is 0 Å². The maximum atomic E-state index is 5.47. The quantitative estimate of drug-likeness (QED) is 0.737. The molecule has 0 aliphatic carbocycles. The summed E-state index contributed by atoms with van der Waals surface area (Å²) >= 11 is 0. The zero-order valence-electron chi connectivity index (χ0n) is 14.8. The fourth-order valence-electron chi connectivity index (χ4n) is 3.95. The van der Waals surface area contributed by atoms with Crippen molar-refractivity contribution in [2.45, 2.75) is 33.2 Å². The molecule has 124 valence electrons. The average Bonchev–Trinajstić information content (AvgIpc) is 2.94. The molecule has 2 aromatic carbocycles. The third-order valence-corrected chi connectivity index (χ3v) is 5.20. The number of aromatic nitrogens is 1. The summed E-state index contributed by atoms with van der Waals surface area (Å²) in [7, 11) is 1.73. The molecule has 24 heavy (non-hydrogen) atoms. The number of benzene rings is 2. The van der Waals surface area contributed by atoms with E-state index in [1.807, 2.05) is 0 Å². The highest BCUT2D eigenvalue weighted by molar-refractivity contribution is 5.86. The highest BCUT2D eigenvalue weighted by Crippen LogP contribution is 2.36. The summed E-state index contributed by atoms with van der Waals surface area (Å²) in [5, 5.41) is 5.08. The van der Waals surface area contributed by atoms with Crippen molar-refractivity contribution < 1.29 is 4.74 Å². The molecule has 0 saturated carbocycles. The van der Waals surface area contributed by atoms with Crippen LogP contribution in [0.1, 0.15) is 39.6 Å². The van der Waals surface area contributed by atoms with E-state index in [9.17, 15) is 0 Å². The Bertz CT molecular complexity index is 923. The molecule has 0 spiro atoms. The van der Waals surface area contributed by atoms with Crippen molar-refractivity contribution in [3.63, 3.8) is 0 Å². The number of fused-ring (bicyclic) bond motifs is 3. The van der Waals surface area contributed by atoms with Gasteiger partial charge in [-0.05, 0) is 67.6 Å². The van der Waals surface area contributed by atoms with Gasteiger partial charge < -0.3 is 15.0 Å². The van der Waals surface area contributed by atoms with Crippen LogP contribution in [-0.2, 0) is 6.42 Å². The number of methoxy groups -OCH3 is 1. The molecule has 2 N–H and O–H groups in total. The van der Waals surface area contributed by atoms with Crippen molar-refractivity contribution in [3.8, 4) is 5.75 Å². The number of aromatic amines is 1. The second kappa shape index (κ2) is 5.67. The smallest absolute Gasteiger partial charge is 0.122 e. The lowest BCUT2D eigenvalue weighted by Gasteiger charge is -2.27. The maximum Gasteiger partial charge on any atom is 0.122 e. The van der Waals surface area contributed by atoms with Gasteiger partial charge in [0.05, 0.1) is 13.2 Å². The molecule has 0 amide bonds. The van der Waals surface area contributed by atoms with Gasteiger partial charge in [0, 0.05) is 23.1 Å². The average molecular weight is 320 g/mol. The Morgan fingerprint density at radius 3 is 2.67 bits per heavy atom. The Labute approximate surface area is 143 Å². The van der Waals surface area contributed by atoms with Crippen LogP contribution in [-0.4, -0.2) is 18.6 Å². The minimum Gasteiger partial charge on any atom is -0.496 e. The van der Waals surface area contributed by atoms with Crippen LogP contribution < -0.4 is 10.1 Å². The van der Waals surface area contributed by atoms with E-state index in [4.69, 9.17) is 4.74 Å². The van der Waals surface area contributed by atoms with Crippen molar-refractivity contribution in [3.05, 3.63) is 63.8 Å². The predicted molar refractivity (Wildman–Crippen MR) is 99.1 cm³/mol. The Morgan fingerprint density at radius 1 is 1.04 bits per heavy atom. The number of nitrogens with one attached hydrogen (secondary N) is 2. The molecule has 1 aliphatic rings. The van der Waals surface area contributed by atoms with Crippen LogP contribution in [0.4, 0.5) is 0 Å². The number of H-pyrrole nitrogens is 1. The highest BCUT2D eigenvalue weighted by atomic mass is 16.5. The second-order valence-corrected chi connectivity index (χ2v) is 6.88. The third kappa shape index (κ3) is 2.31. The summed E-state index contributed by atoms with van der Waals surface area (Å²) in [6.07, 6.45) is 1.07. The molecule has 4 rings (SSSR count). The lowest BCUT2D eigenvalue weighted by molar-refractivity contribution is 0.411. The molecule has 0 fully saturated rings. The van der Waals surface area contributed by atoms with Crippen LogP contribution in [0.5, 0.6) is 5.75 Å². The first kappa shape index (κ1) is 15.3. The van der Waals surface area contributed by atoms with Gasteiger partial charge >= 0.3 is 0 Å². The summed E-state index contributed by atoms with van der Waals surface area (Å²) in [5.41, 5.74) is 9.10. The summed E-state index contributed by atoms with van der Waals surface area (Å²) in [6, 6.07) is 11.3. The van der Waals surface area contributed by atoms with E-state index in [-0.39, 0.29) is 6.04 Å². The molecule has 1 unspecified atom stereocenters. The van der Waals surface area contributed by atoms with Crippen LogP contribution in [0.25, 0.3) is 10.9 Å². The summed E-state index contributed by atoms with van der Waals surface area (Å²) in [4.78, 5) is 3.67. The molecule has 0 bridgehead atoms. The van der Waals surface area contributed by atoms with Crippen molar-refractivity contribution in [2.75, 3.05) is 13.7 Å². The van der Waals surface area contributed by atoms with Gasteiger partial charge in [-0.3, -0.25) is 0 Å². The molecule has 0 radical (unpaired) electrons. The van der Waals surface area contributed by atoms with Crippen LogP contribution in [0.15, 0.2) is 30.3 Å². The standard InChI is InChI=1S/C21H24N2O/c1-12-5-6-18-17(9-12)15-7-8-22-20(21(15)23-18)16-10-14(3)19(24-4)11-13(16)2/h5-6,9-11,20,22-23H,7-8H2,1-4H3. The normalized spacial score (nSPS) is 17.1. The van der Waals surface area contributed by atoms with Gasteiger partial charge in [-0.2, -0.15) is 0 Å². The van der Waals surface area contributed by atoms with E-state index in [1.54, 1.807) is 7.11 Å². The van der Waals surface area contributed by atoms with Gasteiger partial charge in [-0.25, -0.2) is 0 Å². The van der Waals surface area contributed by atoms with Crippen LogP contribution in [0.3, 0.4) is 0 Å². The largest absolute Gasteiger partial charge is 0.496 e. The van der Waals surface area contributed by atoms with E-state index in [0.717, 1.165) is 18.7 Å². The van der Waals surface area contributed by atoms with Crippen molar-refractivity contribution >= 4 is 10.9 Å².